The number of piperidine rings is 1. The molecule has 1 aromatic rings. The maximum absolute atomic E-state index is 11.6. The van der Waals surface area contributed by atoms with Crippen molar-refractivity contribution in [3.8, 4) is 11.5 Å². The van der Waals surface area contributed by atoms with Crippen molar-refractivity contribution < 1.29 is 14.6 Å². The van der Waals surface area contributed by atoms with Gasteiger partial charge in [0, 0.05) is 25.1 Å². The van der Waals surface area contributed by atoms with Crippen LogP contribution in [0.2, 0.25) is 0 Å². The number of nitrogens with zero attached hydrogens (tertiary/aromatic N) is 1. The molecule has 0 atom stereocenters. The zero-order chi connectivity index (χ0) is 14.5. The fraction of sp³-hybridized carbons (Fsp3) is 0.533. The molecule has 20 heavy (non-hydrogen) atoms. The van der Waals surface area contributed by atoms with E-state index in [1.54, 1.807) is 26.3 Å². The number of aromatic hydroxyl groups is 1. The van der Waals surface area contributed by atoms with E-state index in [2.05, 4.69) is 10.2 Å². The molecular weight excluding hydrogens is 256 g/mol. The van der Waals surface area contributed by atoms with Gasteiger partial charge in [-0.1, -0.05) is 0 Å². The van der Waals surface area contributed by atoms with Gasteiger partial charge in [-0.25, -0.2) is 0 Å². The summed E-state index contributed by atoms with van der Waals surface area (Å²) >= 11 is 0. The van der Waals surface area contributed by atoms with Crippen molar-refractivity contribution in [3.05, 3.63) is 23.8 Å². The Morgan fingerprint density at radius 3 is 2.75 bits per heavy atom. The van der Waals surface area contributed by atoms with Gasteiger partial charge in [-0.15, -0.1) is 0 Å². The Hall–Kier alpha value is -1.75. The molecule has 2 N–H and O–H groups in total. The van der Waals surface area contributed by atoms with Gasteiger partial charge in [-0.05, 0) is 44.1 Å². The second kappa shape index (κ2) is 6.61. The van der Waals surface area contributed by atoms with E-state index in [1.807, 2.05) is 6.07 Å². The van der Waals surface area contributed by atoms with E-state index in [1.165, 1.54) is 0 Å². The Morgan fingerprint density at radius 2 is 2.15 bits per heavy atom. The topological polar surface area (TPSA) is 61.8 Å². The number of nitrogens with one attached hydrogen (secondary N) is 1. The van der Waals surface area contributed by atoms with Crippen LogP contribution in [0.3, 0.4) is 0 Å². The van der Waals surface area contributed by atoms with Crippen LogP contribution in [0.15, 0.2) is 18.2 Å². The predicted molar refractivity (Wildman–Crippen MR) is 76.7 cm³/mol. The van der Waals surface area contributed by atoms with Crippen molar-refractivity contribution >= 4 is 5.91 Å². The van der Waals surface area contributed by atoms with Gasteiger partial charge in [0.15, 0.2) is 0 Å². The zero-order valence-corrected chi connectivity index (χ0v) is 12.1. The number of rotatable bonds is 4. The van der Waals surface area contributed by atoms with Crippen LogP contribution in [0, 0.1) is 5.92 Å². The first-order valence-electron chi connectivity index (χ1n) is 6.94. The molecule has 0 aromatic heterocycles. The summed E-state index contributed by atoms with van der Waals surface area (Å²) in [6, 6.07) is 5.27. The smallest absolute Gasteiger partial charge is 0.222 e. The summed E-state index contributed by atoms with van der Waals surface area (Å²) in [6.07, 6.45) is 1.73. The molecule has 1 aliphatic rings. The van der Waals surface area contributed by atoms with Gasteiger partial charge in [0.1, 0.15) is 11.5 Å². The number of phenols is 1. The normalized spacial score (nSPS) is 16.9. The third kappa shape index (κ3) is 3.42. The molecule has 5 nitrogen and oxygen atoms in total. The Morgan fingerprint density at radius 1 is 1.45 bits per heavy atom. The monoisotopic (exact) mass is 278 g/mol. The van der Waals surface area contributed by atoms with Gasteiger partial charge in [0.05, 0.1) is 7.11 Å². The van der Waals surface area contributed by atoms with E-state index in [9.17, 15) is 9.90 Å². The molecule has 0 spiro atoms. The lowest BCUT2D eigenvalue weighted by Crippen LogP contribution is -2.39. The van der Waals surface area contributed by atoms with Crippen molar-refractivity contribution in [1.29, 1.82) is 0 Å². The Balaban J connectivity index is 1.94. The molecule has 1 amide bonds. The summed E-state index contributed by atoms with van der Waals surface area (Å²) in [4.78, 5) is 13.8. The van der Waals surface area contributed by atoms with Gasteiger partial charge in [0.25, 0.3) is 0 Å². The minimum absolute atomic E-state index is 0.121. The van der Waals surface area contributed by atoms with E-state index in [-0.39, 0.29) is 11.8 Å². The van der Waals surface area contributed by atoms with Crippen LogP contribution >= 0.6 is 0 Å². The van der Waals surface area contributed by atoms with Crippen molar-refractivity contribution in [2.75, 3.05) is 27.2 Å². The minimum atomic E-state index is 0.121. The highest BCUT2D eigenvalue weighted by molar-refractivity contribution is 5.78. The average Bonchev–Trinajstić information content (AvgIpc) is 2.49. The second-order valence-corrected chi connectivity index (χ2v) is 5.16. The number of methoxy groups -OCH3 is 1. The average molecular weight is 278 g/mol. The number of carbonyl (C=O) groups excluding carboxylic acids is 1. The maximum atomic E-state index is 11.6. The molecule has 0 radical (unpaired) electrons. The first-order valence-corrected chi connectivity index (χ1v) is 6.94. The number of ether oxygens (including phenoxy) is 1. The molecule has 2 rings (SSSR count). The quantitative estimate of drug-likeness (QED) is 0.873. The van der Waals surface area contributed by atoms with Crippen LogP contribution in [-0.4, -0.2) is 43.2 Å². The molecule has 1 saturated heterocycles. The third-order valence-electron chi connectivity index (χ3n) is 3.89. The van der Waals surface area contributed by atoms with Gasteiger partial charge in [0.2, 0.25) is 5.91 Å². The van der Waals surface area contributed by atoms with Crippen LogP contribution in [-0.2, 0) is 11.3 Å². The number of likely N-dealkylation sites (tertiary alicyclic amines) is 1. The molecule has 1 aromatic carbocycles. The number of hydrogen-bond donors (Lipinski definition) is 2. The van der Waals surface area contributed by atoms with Gasteiger partial charge < -0.3 is 15.2 Å². The Labute approximate surface area is 119 Å². The summed E-state index contributed by atoms with van der Waals surface area (Å²) in [6.45, 7) is 2.42. The predicted octanol–water partition coefficient (Wildman–Crippen LogP) is 1.36. The zero-order valence-electron chi connectivity index (χ0n) is 12.1. The largest absolute Gasteiger partial charge is 0.508 e. The number of benzene rings is 1. The van der Waals surface area contributed by atoms with E-state index in [0.29, 0.717) is 12.3 Å². The molecule has 0 saturated carbocycles. The molecule has 0 unspecified atom stereocenters. The number of amides is 1. The lowest BCUT2D eigenvalue weighted by atomic mass is 9.95. The summed E-state index contributed by atoms with van der Waals surface area (Å²) in [7, 11) is 3.30. The molecule has 1 heterocycles. The van der Waals surface area contributed by atoms with Crippen molar-refractivity contribution in [1.82, 2.24) is 10.2 Å². The number of phenolic OH excluding ortho intramolecular Hbond substituents is 1. The second-order valence-electron chi connectivity index (χ2n) is 5.16. The van der Waals surface area contributed by atoms with Gasteiger partial charge in [-0.3, -0.25) is 9.69 Å². The Kier molecular flexibility index (Phi) is 4.84. The Bertz CT molecular complexity index is 468. The van der Waals surface area contributed by atoms with Crippen LogP contribution in [0.1, 0.15) is 18.4 Å². The molecule has 0 bridgehead atoms. The van der Waals surface area contributed by atoms with Crippen LogP contribution < -0.4 is 10.1 Å². The third-order valence-corrected chi connectivity index (χ3v) is 3.89. The summed E-state index contributed by atoms with van der Waals surface area (Å²) < 4.78 is 5.18. The lowest BCUT2D eigenvalue weighted by molar-refractivity contribution is -0.125. The minimum Gasteiger partial charge on any atom is -0.508 e. The number of carbonyl (C=O) groups is 1. The fourth-order valence-corrected chi connectivity index (χ4v) is 2.61. The first-order chi connectivity index (χ1) is 9.63. The van der Waals surface area contributed by atoms with Crippen molar-refractivity contribution in [3.63, 3.8) is 0 Å². The molecule has 1 aliphatic heterocycles. The summed E-state index contributed by atoms with van der Waals surface area (Å²) in [5, 5.41) is 12.6. The molecule has 110 valence electrons. The lowest BCUT2D eigenvalue weighted by Gasteiger charge is -2.31. The van der Waals surface area contributed by atoms with E-state index >= 15 is 0 Å². The van der Waals surface area contributed by atoms with Gasteiger partial charge in [-0.2, -0.15) is 0 Å². The van der Waals surface area contributed by atoms with E-state index < -0.39 is 0 Å². The summed E-state index contributed by atoms with van der Waals surface area (Å²) in [5.41, 5.74) is 0.864. The highest BCUT2D eigenvalue weighted by Gasteiger charge is 2.24. The van der Waals surface area contributed by atoms with Crippen molar-refractivity contribution in [2.45, 2.75) is 19.4 Å². The number of hydrogen-bond acceptors (Lipinski definition) is 4. The maximum Gasteiger partial charge on any atom is 0.222 e. The van der Waals surface area contributed by atoms with Crippen LogP contribution in [0.4, 0.5) is 0 Å². The standard InChI is InChI=1S/C15H22N2O3/c1-16-15(19)11-5-7-17(8-6-11)10-12-9-13(20-2)3-4-14(12)18/h3-4,9,11,18H,5-8,10H2,1-2H3,(H,16,19). The molecule has 1 fully saturated rings. The van der Waals surface area contributed by atoms with Gasteiger partial charge >= 0.3 is 0 Å². The highest BCUT2D eigenvalue weighted by atomic mass is 16.5. The highest BCUT2D eigenvalue weighted by Crippen LogP contribution is 2.26. The van der Waals surface area contributed by atoms with E-state index in [0.717, 1.165) is 37.2 Å². The van der Waals surface area contributed by atoms with Crippen LogP contribution in [0.5, 0.6) is 11.5 Å². The first kappa shape index (κ1) is 14.7. The van der Waals surface area contributed by atoms with Crippen molar-refractivity contribution in [2.24, 2.45) is 5.92 Å². The van der Waals surface area contributed by atoms with Crippen LogP contribution in [0.25, 0.3) is 0 Å². The molecule has 0 aliphatic carbocycles. The van der Waals surface area contributed by atoms with E-state index in [4.69, 9.17) is 4.74 Å². The fourth-order valence-electron chi connectivity index (χ4n) is 2.61. The molecule has 5 heteroatoms. The SMILES string of the molecule is CNC(=O)C1CCN(Cc2cc(OC)ccc2O)CC1. The molecular formula is C15H22N2O3. The summed E-state index contributed by atoms with van der Waals surface area (Å²) in [5.74, 6) is 1.29.